The Morgan fingerprint density at radius 1 is 0.889 bits per heavy atom. The topological polar surface area (TPSA) is 23.5 Å². The zero-order valence-electron chi connectivity index (χ0n) is 12.1. The van der Waals surface area contributed by atoms with Gasteiger partial charge in [0.25, 0.3) is 0 Å². The van der Waals surface area contributed by atoms with Crippen molar-refractivity contribution in [1.82, 2.24) is 4.90 Å². The molecule has 1 saturated carbocycles. The summed E-state index contributed by atoms with van der Waals surface area (Å²) in [5, 5.41) is 10.5. The molecule has 0 bridgehead atoms. The van der Waals surface area contributed by atoms with Crippen LogP contribution < -0.4 is 0 Å². The van der Waals surface area contributed by atoms with Crippen LogP contribution in [-0.4, -0.2) is 34.7 Å². The lowest BCUT2D eigenvalue weighted by Gasteiger charge is -2.40. The van der Waals surface area contributed by atoms with E-state index in [2.05, 4.69) is 11.8 Å². The van der Waals surface area contributed by atoms with Gasteiger partial charge >= 0.3 is 0 Å². The highest BCUT2D eigenvalue weighted by atomic mass is 16.3. The van der Waals surface area contributed by atoms with Crippen LogP contribution in [0.1, 0.15) is 77.6 Å². The van der Waals surface area contributed by atoms with Crippen LogP contribution in [0.25, 0.3) is 0 Å². The third-order valence-electron chi connectivity index (χ3n) is 5.01. The van der Waals surface area contributed by atoms with Gasteiger partial charge in [-0.1, -0.05) is 45.4 Å². The minimum absolute atomic E-state index is 0.0718. The second-order valence-electron chi connectivity index (χ2n) is 6.28. The number of hydrogen-bond donors (Lipinski definition) is 1. The second-order valence-corrected chi connectivity index (χ2v) is 6.28. The van der Waals surface area contributed by atoms with Gasteiger partial charge < -0.3 is 5.11 Å². The number of rotatable bonds is 2. The molecule has 1 aliphatic heterocycles. The molecule has 18 heavy (non-hydrogen) atoms. The predicted octanol–water partition coefficient (Wildman–Crippen LogP) is 3.72. The molecule has 0 radical (unpaired) electrons. The van der Waals surface area contributed by atoms with E-state index in [1.807, 2.05) is 0 Å². The van der Waals surface area contributed by atoms with Crippen LogP contribution in [0.15, 0.2) is 0 Å². The molecule has 0 aromatic carbocycles. The summed E-state index contributed by atoms with van der Waals surface area (Å²) in [6, 6.07) is 1.18. The van der Waals surface area contributed by atoms with Crippen LogP contribution in [0.3, 0.4) is 0 Å². The van der Waals surface area contributed by atoms with Gasteiger partial charge in [-0.15, -0.1) is 0 Å². The maximum Gasteiger partial charge on any atom is 0.0695 e. The Morgan fingerprint density at radius 3 is 2.33 bits per heavy atom. The minimum Gasteiger partial charge on any atom is -0.391 e. The number of likely N-dealkylation sites (tertiary alicyclic amines) is 1. The quantitative estimate of drug-likeness (QED) is 0.810. The molecule has 3 unspecified atom stereocenters. The summed E-state index contributed by atoms with van der Waals surface area (Å²) in [5.74, 6) is 0. The predicted molar refractivity (Wildman–Crippen MR) is 76.7 cm³/mol. The van der Waals surface area contributed by atoms with Crippen LogP contribution >= 0.6 is 0 Å². The van der Waals surface area contributed by atoms with Crippen molar-refractivity contribution in [3.63, 3.8) is 0 Å². The lowest BCUT2D eigenvalue weighted by molar-refractivity contribution is 0.00869. The Labute approximate surface area is 113 Å². The minimum atomic E-state index is -0.0718. The maximum absolute atomic E-state index is 10.5. The van der Waals surface area contributed by atoms with Gasteiger partial charge in [0.1, 0.15) is 0 Å². The van der Waals surface area contributed by atoms with E-state index in [4.69, 9.17) is 0 Å². The highest BCUT2D eigenvalue weighted by Gasteiger charge is 2.31. The van der Waals surface area contributed by atoms with Gasteiger partial charge in [-0.3, -0.25) is 4.90 Å². The van der Waals surface area contributed by atoms with Crippen molar-refractivity contribution < 1.29 is 5.11 Å². The first-order valence-electron chi connectivity index (χ1n) is 8.26. The summed E-state index contributed by atoms with van der Waals surface area (Å²) in [6.45, 7) is 3.54. The first-order chi connectivity index (χ1) is 8.83. The van der Waals surface area contributed by atoms with Crippen molar-refractivity contribution in [2.45, 2.75) is 95.7 Å². The summed E-state index contributed by atoms with van der Waals surface area (Å²) >= 11 is 0. The average molecular weight is 253 g/mol. The van der Waals surface area contributed by atoms with E-state index in [0.717, 1.165) is 12.5 Å². The highest BCUT2D eigenvalue weighted by molar-refractivity contribution is 4.86. The summed E-state index contributed by atoms with van der Waals surface area (Å²) in [6.07, 6.45) is 14.1. The molecular weight excluding hydrogens is 222 g/mol. The Hall–Kier alpha value is -0.0800. The van der Waals surface area contributed by atoms with Crippen molar-refractivity contribution in [3.05, 3.63) is 0 Å². The third-order valence-corrected chi connectivity index (χ3v) is 5.01. The summed E-state index contributed by atoms with van der Waals surface area (Å²) in [4.78, 5) is 2.68. The zero-order chi connectivity index (χ0) is 12.8. The molecular formula is C16H31NO. The molecule has 0 spiro atoms. The summed E-state index contributed by atoms with van der Waals surface area (Å²) in [5.41, 5.74) is 0. The fraction of sp³-hybridized carbons (Fsp3) is 1.00. The monoisotopic (exact) mass is 253 g/mol. The van der Waals surface area contributed by atoms with Crippen molar-refractivity contribution in [2.75, 3.05) is 6.54 Å². The SMILES string of the molecule is CCC1CCCCCN1C1CCCCCCC1O. The molecule has 1 heterocycles. The van der Waals surface area contributed by atoms with E-state index in [1.165, 1.54) is 70.8 Å². The Bertz CT molecular complexity index is 231. The molecule has 0 aromatic rings. The van der Waals surface area contributed by atoms with Crippen LogP contribution in [0.4, 0.5) is 0 Å². The average Bonchev–Trinajstić information content (AvgIpc) is 2.59. The Kier molecular flexibility index (Phi) is 5.97. The van der Waals surface area contributed by atoms with Gasteiger partial charge in [-0.25, -0.2) is 0 Å². The zero-order valence-corrected chi connectivity index (χ0v) is 12.1. The van der Waals surface area contributed by atoms with Crippen molar-refractivity contribution in [2.24, 2.45) is 0 Å². The number of hydrogen-bond acceptors (Lipinski definition) is 2. The standard InChI is InChI=1S/C16H31NO/c1-2-14-10-6-5-9-13-17(14)15-11-7-3-4-8-12-16(15)18/h14-16,18H,2-13H2,1H3. The van der Waals surface area contributed by atoms with Crippen molar-refractivity contribution in [1.29, 1.82) is 0 Å². The first-order valence-corrected chi connectivity index (χ1v) is 8.26. The van der Waals surface area contributed by atoms with Crippen LogP contribution in [-0.2, 0) is 0 Å². The molecule has 2 rings (SSSR count). The number of aliphatic hydroxyl groups is 1. The number of aliphatic hydroxyl groups excluding tert-OH is 1. The van der Waals surface area contributed by atoms with Gasteiger partial charge in [0.05, 0.1) is 6.10 Å². The molecule has 3 atom stereocenters. The van der Waals surface area contributed by atoms with Gasteiger partial charge in [0, 0.05) is 12.1 Å². The van der Waals surface area contributed by atoms with E-state index in [0.29, 0.717) is 6.04 Å². The molecule has 1 N–H and O–H groups in total. The summed E-state index contributed by atoms with van der Waals surface area (Å²) in [7, 11) is 0. The van der Waals surface area contributed by atoms with Crippen molar-refractivity contribution in [3.8, 4) is 0 Å². The molecule has 0 aromatic heterocycles. The van der Waals surface area contributed by atoms with E-state index in [9.17, 15) is 5.11 Å². The number of nitrogens with zero attached hydrogens (tertiary/aromatic N) is 1. The Balaban J connectivity index is 2.03. The largest absolute Gasteiger partial charge is 0.391 e. The van der Waals surface area contributed by atoms with Gasteiger partial charge in [0.2, 0.25) is 0 Å². The molecule has 2 heteroatoms. The van der Waals surface area contributed by atoms with E-state index in [1.54, 1.807) is 0 Å². The van der Waals surface area contributed by atoms with Crippen molar-refractivity contribution >= 4 is 0 Å². The van der Waals surface area contributed by atoms with Crippen LogP contribution in [0.5, 0.6) is 0 Å². The highest BCUT2D eigenvalue weighted by Crippen LogP contribution is 2.28. The van der Waals surface area contributed by atoms with Gasteiger partial charge in [0.15, 0.2) is 0 Å². The molecule has 2 fully saturated rings. The molecule has 1 aliphatic carbocycles. The maximum atomic E-state index is 10.5. The fourth-order valence-corrected chi connectivity index (χ4v) is 3.91. The lowest BCUT2D eigenvalue weighted by Crippen LogP contribution is -2.49. The molecule has 2 nitrogen and oxygen atoms in total. The third kappa shape index (κ3) is 3.71. The van der Waals surface area contributed by atoms with E-state index >= 15 is 0 Å². The Morgan fingerprint density at radius 2 is 1.56 bits per heavy atom. The fourth-order valence-electron chi connectivity index (χ4n) is 3.91. The normalized spacial score (nSPS) is 36.7. The summed E-state index contributed by atoms with van der Waals surface area (Å²) < 4.78 is 0. The van der Waals surface area contributed by atoms with Gasteiger partial charge in [-0.2, -0.15) is 0 Å². The first kappa shape index (κ1) is 14.3. The van der Waals surface area contributed by atoms with E-state index in [-0.39, 0.29) is 6.10 Å². The van der Waals surface area contributed by atoms with Crippen LogP contribution in [0, 0.1) is 0 Å². The van der Waals surface area contributed by atoms with Crippen LogP contribution in [0.2, 0.25) is 0 Å². The second kappa shape index (κ2) is 7.49. The smallest absolute Gasteiger partial charge is 0.0695 e. The molecule has 2 aliphatic rings. The lowest BCUT2D eigenvalue weighted by atomic mass is 9.91. The molecule has 1 saturated heterocycles. The molecule has 106 valence electrons. The van der Waals surface area contributed by atoms with Gasteiger partial charge in [-0.05, 0) is 38.6 Å². The van der Waals surface area contributed by atoms with E-state index < -0.39 is 0 Å². The molecule has 0 amide bonds.